The Bertz CT molecular complexity index is 775. The third-order valence-electron chi connectivity index (χ3n) is 3.13. The zero-order chi connectivity index (χ0) is 18.9. The van der Waals surface area contributed by atoms with E-state index >= 15 is 0 Å². The van der Waals surface area contributed by atoms with Gasteiger partial charge in [0.15, 0.2) is 12.7 Å². The number of nitrogens with one attached hydrogen (secondary N) is 1. The Morgan fingerprint density at radius 1 is 1.15 bits per heavy atom. The van der Waals surface area contributed by atoms with Crippen molar-refractivity contribution in [1.82, 2.24) is 5.43 Å². The van der Waals surface area contributed by atoms with Gasteiger partial charge in [0.25, 0.3) is 5.91 Å². The Balaban J connectivity index is 1.81. The molecule has 0 saturated heterocycles. The van der Waals surface area contributed by atoms with Gasteiger partial charge in [-0.15, -0.1) is 0 Å². The number of hydrazone groups is 1. The van der Waals surface area contributed by atoms with Crippen molar-refractivity contribution >= 4 is 34.0 Å². The number of halogens is 1. The maximum Gasteiger partial charge on any atom is 0.341 e. The first-order valence-electron chi connectivity index (χ1n) is 7.64. The maximum atomic E-state index is 12.0. The normalized spacial score (nSPS) is 11.8. The Hall–Kier alpha value is -2.87. The molecular weight excluding hydrogens is 404 g/mol. The highest BCUT2D eigenvalue weighted by Gasteiger charge is 2.13. The van der Waals surface area contributed by atoms with Crippen molar-refractivity contribution in [1.29, 1.82) is 0 Å². The smallest absolute Gasteiger partial charge is 0.341 e. The van der Waals surface area contributed by atoms with E-state index in [4.69, 9.17) is 14.6 Å². The standard InChI is InChI=1S/C18H17BrN2O5/c1-12(26-16-8-4-14(19)5-9-16)18(24)21-20-10-13-2-6-15(7-3-13)25-11-17(22)23/h2-10,12H,11H2,1H3,(H,21,24)(H,22,23)/b20-10-/t12-/m0/s1. The van der Waals surface area contributed by atoms with Gasteiger partial charge in [-0.2, -0.15) is 5.10 Å². The quantitative estimate of drug-likeness (QED) is 0.505. The predicted octanol–water partition coefficient (Wildman–Crippen LogP) is 2.83. The van der Waals surface area contributed by atoms with E-state index in [0.29, 0.717) is 11.5 Å². The summed E-state index contributed by atoms with van der Waals surface area (Å²) >= 11 is 3.33. The van der Waals surface area contributed by atoms with Gasteiger partial charge in [-0.3, -0.25) is 4.79 Å². The number of rotatable bonds is 8. The van der Waals surface area contributed by atoms with Crippen LogP contribution >= 0.6 is 15.9 Å². The molecule has 2 aromatic rings. The van der Waals surface area contributed by atoms with Crippen molar-refractivity contribution in [2.75, 3.05) is 6.61 Å². The highest BCUT2D eigenvalue weighted by atomic mass is 79.9. The van der Waals surface area contributed by atoms with E-state index in [1.165, 1.54) is 6.21 Å². The first-order valence-corrected chi connectivity index (χ1v) is 8.43. The molecule has 0 bridgehead atoms. The van der Waals surface area contributed by atoms with E-state index in [0.717, 1.165) is 10.0 Å². The van der Waals surface area contributed by atoms with Gasteiger partial charge in [-0.25, -0.2) is 10.2 Å². The van der Waals surface area contributed by atoms with Crippen LogP contribution in [0.5, 0.6) is 11.5 Å². The van der Waals surface area contributed by atoms with Crippen LogP contribution in [0, 0.1) is 0 Å². The molecule has 0 fully saturated rings. The van der Waals surface area contributed by atoms with Crippen LogP contribution in [0.15, 0.2) is 58.1 Å². The van der Waals surface area contributed by atoms with Gasteiger partial charge in [0.1, 0.15) is 11.5 Å². The number of benzene rings is 2. The Morgan fingerprint density at radius 3 is 2.38 bits per heavy atom. The minimum atomic E-state index is -1.04. The van der Waals surface area contributed by atoms with E-state index < -0.39 is 18.7 Å². The molecule has 0 saturated carbocycles. The second kappa shape index (κ2) is 9.57. The lowest BCUT2D eigenvalue weighted by Gasteiger charge is -2.12. The van der Waals surface area contributed by atoms with Crippen molar-refractivity contribution < 1.29 is 24.2 Å². The Kier molecular flexibility index (Phi) is 7.16. The molecule has 7 nitrogen and oxygen atoms in total. The number of carboxylic acid groups (broad SMARTS) is 1. The molecule has 2 N–H and O–H groups in total. The molecule has 0 aromatic heterocycles. The lowest BCUT2D eigenvalue weighted by molar-refractivity contribution is -0.139. The number of carboxylic acids is 1. The topological polar surface area (TPSA) is 97.2 Å². The molecule has 0 aliphatic carbocycles. The van der Waals surface area contributed by atoms with E-state index in [-0.39, 0.29) is 5.91 Å². The lowest BCUT2D eigenvalue weighted by Crippen LogP contribution is -2.33. The van der Waals surface area contributed by atoms with Crippen LogP contribution in [0.2, 0.25) is 0 Å². The summed E-state index contributed by atoms with van der Waals surface area (Å²) < 4.78 is 11.5. The Morgan fingerprint density at radius 2 is 1.77 bits per heavy atom. The van der Waals surface area contributed by atoms with Crippen molar-refractivity contribution in [3.05, 3.63) is 58.6 Å². The average molecular weight is 421 g/mol. The molecule has 26 heavy (non-hydrogen) atoms. The Labute approximate surface area is 158 Å². The summed E-state index contributed by atoms with van der Waals surface area (Å²) in [5.41, 5.74) is 3.12. The van der Waals surface area contributed by atoms with Gasteiger partial charge >= 0.3 is 5.97 Å². The van der Waals surface area contributed by atoms with Crippen LogP contribution < -0.4 is 14.9 Å². The molecule has 0 spiro atoms. The number of ether oxygens (including phenoxy) is 2. The largest absolute Gasteiger partial charge is 0.482 e. The molecule has 0 aliphatic rings. The third-order valence-corrected chi connectivity index (χ3v) is 3.66. The highest BCUT2D eigenvalue weighted by molar-refractivity contribution is 9.10. The summed E-state index contributed by atoms with van der Waals surface area (Å²) in [5.74, 6) is -0.412. The zero-order valence-corrected chi connectivity index (χ0v) is 15.5. The summed E-state index contributed by atoms with van der Waals surface area (Å²) in [6.45, 7) is 1.22. The fourth-order valence-electron chi connectivity index (χ4n) is 1.83. The van der Waals surface area contributed by atoms with Crippen LogP contribution in [0.4, 0.5) is 0 Å². The second-order valence-electron chi connectivity index (χ2n) is 5.20. The van der Waals surface area contributed by atoms with E-state index in [9.17, 15) is 9.59 Å². The molecular formula is C18H17BrN2O5. The van der Waals surface area contributed by atoms with Crippen LogP contribution in [0.25, 0.3) is 0 Å². The maximum absolute atomic E-state index is 12.0. The molecule has 2 aromatic carbocycles. The van der Waals surface area contributed by atoms with Gasteiger partial charge in [-0.05, 0) is 61.0 Å². The summed E-state index contributed by atoms with van der Waals surface area (Å²) in [5, 5.41) is 12.4. The minimum Gasteiger partial charge on any atom is -0.482 e. The van der Waals surface area contributed by atoms with E-state index in [1.54, 1.807) is 43.3 Å². The summed E-state index contributed by atoms with van der Waals surface area (Å²) in [6.07, 6.45) is 0.755. The van der Waals surface area contributed by atoms with E-state index in [2.05, 4.69) is 26.5 Å². The number of aliphatic carboxylic acids is 1. The number of nitrogens with zero attached hydrogens (tertiary/aromatic N) is 1. The number of hydrogen-bond acceptors (Lipinski definition) is 5. The van der Waals surface area contributed by atoms with Crippen molar-refractivity contribution in [2.24, 2.45) is 5.10 Å². The fraction of sp³-hybridized carbons (Fsp3) is 0.167. The number of hydrogen-bond donors (Lipinski definition) is 2. The molecule has 1 amide bonds. The molecule has 0 radical (unpaired) electrons. The highest BCUT2D eigenvalue weighted by Crippen LogP contribution is 2.17. The van der Waals surface area contributed by atoms with Crippen LogP contribution in [-0.2, 0) is 9.59 Å². The van der Waals surface area contributed by atoms with Crippen LogP contribution in [-0.4, -0.2) is 35.9 Å². The first-order chi connectivity index (χ1) is 12.4. The zero-order valence-electron chi connectivity index (χ0n) is 13.9. The molecule has 8 heteroatoms. The molecule has 0 heterocycles. The summed E-state index contributed by atoms with van der Waals surface area (Å²) in [7, 11) is 0. The van der Waals surface area contributed by atoms with E-state index in [1.807, 2.05) is 12.1 Å². The number of amides is 1. The van der Waals surface area contributed by atoms with Gasteiger partial charge in [-0.1, -0.05) is 15.9 Å². The van der Waals surface area contributed by atoms with Crippen LogP contribution in [0.3, 0.4) is 0 Å². The SMILES string of the molecule is C[C@H](Oc1ccc(Br)cc1)C(=O)N/N=C\c1ccc(OCC(=O)O)cc1. The molecule has 2 rings (SSSR count). The van der Waals surface area contributed by atoms with Gasteiger partial charge < -0.3 is 14.6 Å². The van der Waals surface area contributed by atoms with Gasteiger partial charge in [0.05, 0.1) is 6.21 Å². The average Bonchev–Trinajstić information content (AvgIpc) is 2.62. The number of carbonyl (C=O) groups excluding carboxylic acids is 1. The molecule has 1 atom stereocenters. The first kappa shape index (κ1) is 19.5. The monoisotopic (exact) mass is 420 g/mol. The fourth-order valence-corrected chi connectivity index (χ4v) is 2.09. The second-order valence-corrected chi connectivity index (χ2v) is 6.12. The minimum absolute atomic E-state index is 0.384. The number of carbonyl (C=O) groups is 2. The third kappa shape index (κ3) is 6.56. The summed E-state index contributed by atoms with van der Waals surface area (Å²) in [4.78, 5) is 22.4. The van der Waals surface area contributed by atoms with Crippen molar-refractivity contribution in [3.8, 4) is 11.5 Å². The molecule has 0 aliphatic heterocycles. The molecule has 0 unspecified atom stereocenters. The van der Waals surface area contributed by atoms with Crippen molar-refractivity contribution in [3.63, 3.8) is 0 Å². The van der Waals surface area contributed by atoms with Gasteiger partial charge in [0.2, 0.25) is 0 Å². The van der Waals surface area contributed by atoms with Crippen molar-refractivity contribution in [2.45, 2.75) is 13.0 Å². The van der Waals surface area contributed by atoms with Crippen LogP contribution in [0.1, 0.15) is 12.5 Å². The predicted molar refractivity (Wildman–Crippen MR) is 99.5 cm³/mol. The van der Waals surface area contributed by atoms with Gasteiger partial charge in [0, 0.05) is 4.47 Å². The summed E-state index contributed by atoms with van der Waals surface area (Å²) in [6, 6.07) is 13.8. The molecule has 136 valence electrons. The lowest BCUT2D eigenvalue weighted by atomic mass is 10.2.